The standard InChI is InChI=1S/C17H21N3O3S2/c1-3-19-10-8-18-17(19)24-12-16(21)14-6-7-15-13(11-14)5-4-9-20(15)25(2,22)23/h6-8,10-11H,3-5,9,12H2,1-2H3. The summed E-state index contributed by atoms with van der Waals surface area (Å²) >= 11 is 1.42. The number of Topliss-reactive ketones (excluding diaryl/α,β-unsaturated/α-hetero) is 1. The Morgan fingerprint density at radius 3 is 2.88 bits per heavy atom. The fraction of sp³-hybridized carbons (Fsp3) is 0.412. The van der Waals surface area contributed by atoms with Gasteiger partial charge in [0.2, 0.25) is 10.0 Å². The number of carbonyl (C=O) groups is 1. The second-order valence-electron chi connectivity index (χ2n) is 5.99. The summed E-state index contributed by atoms with van der Waals surface area (Å²) in [7, 11) is -3.29. The van der Waals surface area contributed by atoms with Gasteiger partial charge in [-0.2, -0.15) is 0 Å². The van der Waals surface area contributed by atoms with Gasteiger partial charge in [0.15, 0.2) is 10.9 Å². The molecule has 1 aromatic heterocycles. The topological polar surface area (TPSA) is 72.3 Å². The lowest BCUT2D eigenvalue weighted by Gasteiger charge is -2.29. The number of aromatic nitrogens is 2. The summed E-state index contributed by atoms with van der Waals surface area (Å²) in [4.78, 5) is 16.8. The van der Waals surface area contributed by atoms with Crippen LogP contribution in [0.3, 0.4) is 0 Å². The molecule has 25 heavy (non-hydrogen) atoms. The van der Waals surface area contributed by atoms with E-state index in [2.05, 4.69) is 4.98 Å². The first-order valence-electron chi connectivity index (χ1n) is 8.18. The van der Waals surface area contributed by atoms with Crippen molar-refractivity contribution < 1.29 is 13.2 Å². The number of nitrogens with zero attached hydrogens (tertiary/aromatic N) is 3. The van der Waals surface area contributed by atoms with Crippen LogP contribution in [0.5, 0.6) is 0 Å². The normalized spacial score (nSPS) is 14.4. The smallest absolute Gasteiger partial charge is 0.232 e. The second-order valence-corrected chi connectivity index (χ2v) is 8.84. The lowest BCUT2D eigenvalue weighted by molar-refractivity contribution is 0.102. The van der Waals surface area contributed by atoms with E-state index in [4.69, 9.17) is 0 Å². The Balaban J connectivity index is 1.76. The van der Waals surface area contributed by atoms with Crippen molar-refractivity contribution >= 4 is 33.3 Å². The number of thioether (sulfide) groups is 1. The van der Waals surface area contributed by atoms with Crippen LogP contribution in [0, 0.1) is 0 Å². The first-order valence-corrected chi connectivity index (χ1v) is 11.0. The zero-order valence-corrected chi connectivity index (χ0v) is 15.9. The molecule has 6 nitrogen and oxygen atoms in total. The molecule has 0 saturated carbocycles. The fourth-order valence-corrected chi connectivity index (χ4v) is 4.88. The van der Waals surface area contributed by atoms with Crippen LogP contribution in [0.25, 0.3) is 0 Å². The van der Waals surface area contributed by atoms with Crippen molar-refractivity contribution in [2.45, 2.75) is 31.5 Å². The maximum atomic E-state index is 12.5. The number of imidazole rings is 1. The van der Waals surface area contributed by atoms with E-state index in [1.165, 1.54) is 22.3 Å². The number of rotatable bonds is 6. The Kier molecular flexibility index (Phi) is 5.19. The second kappa shape index (κ2) is 7.21. The van der Waals surface area contributed by atoms with Gasteiger partial charge in [-0.15, -0.1) is 0 Å². The molecule has 1 aliphatic heterocycles. The highest BCUT2D eigenvalue weighted by Crippen LogP contribution is 2.30. The molecule has 0 unspecified atom stereocenters. The van der Waals surface area contributed by atoms with E-state index in [0.29, 0.717) is 23.5 Å². The van der Waals surface area contributed by atoms with Gasteiger partial charge in [0, 0.05) is 31.0 Å². The van der Waals surface area contributed by atoms with Crippen LogP contribution in [0.4, 0.5) is 5.69 Å². The predicted molar refractivity (Wildman–Crippen MR) is 99.9 cm³/mol. The number of benzene rings is 1. The van der Waals surface area contributed by atoms with Crippen molar-refractivity contribution in [2.75, 3.05) is 22.9 Å². The molecule has 2 aromatic rings. The van der Waals surface area contributed by atoms with Crippen LogP contribution < -0.4 is 4.31 Å². The maximum Gasteiger partial charge on any atom is 0.232 e. The van der Waals surface area contributed by atoms with E-state index in [1.807, 2.05) is 23.8 Å². The Hall–Kier alpha value is -1.80. The Morgan fingerprint density at radius 1 is 1.36 bits per heavy atom. The molecule has 3 rings (SSSR count). The fourth-order valence-electron chi connectivity index (χ4n) is 2.97. The van der Waals surface area contributed by atoms with Crippen molar-refractivity contribution in [2.24, 2.45) is 0 Å². The van der Waals surface area contributed by atoms with Gasteiger partial charge in [0.1, 0.15) is 0 Å². The lowest BCUT2D eigenvalue weighted by atomic mass is 9.99. The van der Waals surface area contributed by atoms with E-state index >= 15 is 0 Å². The van der Waals surface area contributed by atoms with Gasteiger partial charge < -0.3 is 4.57 Å². The van der Waals surface area contributed by atoms with Crippen LogP contribution in [0.1, 0.15) is 29.3 Å². The van der Waals surface area contributed by atoms with Gasteiger partial charge in [-0.05, 0) is 43.5 Å². The number of hydrogen-bond donors (Lipinski definition) is 0. The van der Waals surface area contributed by atoms with Crippen LogP contribution in [-0.2, 0) is 23.0 Å². The SMILES string of the molecule is CCn1ccnc1SCC(=O)c1ccc2c(c1)CCCN2S(C)(=O)=O. The molecule has 0 amide bonds. The molecule has 0 fully saturated rings. The molecule has 0 bridgehead atoms. The average molecular weight is 380 g/mol. The predicted octanol–water partition coefficient (Wildman–Crippen LogP) is 2.59. The Bertz CT molecular complexity index is 890. The zero-order chi connectivity index (χ0) is 18.0. The molecule has 134 valence electrons. The summed E-state index contributed by atoms with van der Waals surface area (Å²) in [5.74, 6) is 0.334. The molecule has 0 aliphatic carbocycles. The quantitative estimate of drug-likeness (QED) is 0.570. The van der Waals surface area contributed by atoms with Gasteiger partial charge in [0.25, 0.3) is 0 Å². The number of hydrogen-bond acceptors (Lipinski definition) is 5. The first-order chi connectivity index (χ1) is 11.9. The third kappa shape index (κ3) is 3.90. The van der Waals surface area contributed by atoms with Gasteiger partial charge in [-0.3, -0.25) is 9.10 Å². The highest BCUT2D eigenvalue weighted by molar-refractivity contribution is 7.99. The van der Waals surface area contributed by atoms with Crippen LogP contribution >= 0.6 is 11.8 Å². The third-order valence-electron chi connectivity index (χ3n) is 4.23. The minimum Gasteiger partial charge on any atom is -0.326 e. The molecule has 0 radical (unpaired) electrons. The molecule has 2 heterocycles. The summed E-state index contributed by atoms with van der Waals surface area (Å²) in [6, 6.07) is 5.31. The van der Waals surface area contributed by atoms with Crippen LogP contribution in [0.2, 0.25) is 0 Å². The number of carbonyl (C=O) groups excluding carboxylic acids is 1. The summed E-state index contributed by atoms with van der Waals surface area (Å²) in [6.45, 7) is 3.34. The number of aryl methyl sites for hydroxylation is 2. The van der Waals surface area contributed by atoms with E-state index in [0.717, 1.165) is 30.1 Å². The Labute approximate surface area is 152 Å². The van der Waals surface area contributed by atoms with Gasteiger partial charge >= 0.3 is 0 Å². The highest BCUT2D eigenvalue weighted by Gasteiger charge is 2.24. The van der Waals surface area contributed by atoms with Gasteiger partial charge in [-0.1, -0.05) is 11.8 Å². The van der Waals surface area contributed by atoms with E-state index in [9.17, 15) is 13.2 Å². The molecule has 8 heteroatoms. The monoisotopic (exact) mass is 379 g/mol. The maximum absolute atomic E-state index is 12.5. The van der Waals surface area contributed by atoms with Gasteiger partial charge in [-0.25, -0.2) is 13.4 Å². The summed E-state index contributed by atoms with van der Waals surface area (Å²) in [6.07, 6.45) is 6.39. The average Bonchev–Trinajstić information content (AvgIpc) is 3.05. The first kappa shape index (κ1) is 18.0. The molecule has 0 spiro atoms. The van der Waals surface area contributed by atoms with Crippen molar-refractivity contribution in [3.63, 3.8) is 0 Å². The number of anilines is 1. The molecule has 1 aliphatic rings. The minimum absolute atomic E-state index is 0.0231. The zero-order valence-electron chi connectivity index (χ0n) is 14.3. The number of ketones is 1. The largest absolute Gasteiger partial charge is 0.326 e. The third-order valence-corrected chi connectivity index (χ3v) is 6.41. The molecule has 0 N–H and O–H groups in total. The summed E-state index contributed by atoms with van der Waals surface area (Å²) in [5.41, 5.74) is 2.23. The molecule has 1 aromatic carbocycles. The van der Waals surface area contributed by atoms with Crippen molar-refractivity contribution in [1.82, 2.24) is 9.55 Å². The van der Waals surface area contributed by atoms with Crippen molar-refractivity contribution in [1.29, 1.82) is 0 Å². The van der Waals surface area contributed by atoms with E-state index < -0.39 is 10.0 Å². The van der Waals surface area contributed by atoms with E-state index in [1.54, 1.807) is 18.3 Å². The minimum atomic E-state index is -3.29. The van der Waals surface area contributed by atoms with Crippen LogP contribution in [-0.4, -0.2) is 42.3 Å². The summed E-state index contributed by atoms with van der Waals surface area (Å²) < 4.78 is 27.2. The number of fused-ring (bicyclic) bond motifs is 1. The summed E-state index contributed by atoms with van der Waals surface area (Å²) in [5, 5.41) is 0.831. The molecule has 0 saturated heterocycles. The van der Waals surface area contributed by atoms with Crippen molar-refractivity contribution in [3.8, 4) is 0 Å². The van der Waals surface area contributed by atoms with E-state index in [-0.39, 0.29) is 5.78 Å². The molecular weight excluding hydrogens is 358 g/mol. The van der Waals surface area contributed by atoms with Gasteiger partial charge in [0.05, 0.1) is 17.7 Å². The molecular formula is C17H21N3O3S2. The van der Waals surface area contributed by atoms with Crippen molar-refractivity contribution in [3.05, 3.63) is 41.7 Å². The molecule has 0 atom stereocenters. The highest BCUT2D eigenvalue weighted by atomic mass is 32.2. The lowest BCUT2D eigenvalue weighted by Crippen LogP contribution is -2.34. The number of sulfonamides is 1. The van der Waals surface area contributed by atoms with Crippen LogP contribution in [0.15, 0.2) is 35.7 Å². The Morgan fingerprint density at radius 2 is 2.16 bits per heavy atom.